The smallest absolute Gasteiger partial charge is 0.119 e. The molecule has 19 heavy (non-hydrogen) atoms. The summed E-state index contributed by atoms with van der Waals surface area (Å²) in [6.07, 6.45) is 0.935. The lowest BCUT2D eigenvalue weighted by atomic mass is 10.1. The quantitative estimate of drug-likeness (QED) is 0.881. The van der Waals surface area contributed by atoms with Gasteiger partial charge in [0.2, 0.25) is 0 Å². The first-order chi connectivity index (χ1) is 9.19. The monoisotopic (exact) mass is 275 g/mol. The van der Waals surface area contributed by atoms with Crippen molar-refractivity contribution in [3.8, 4) is 5.75 Å². The third kappa shape index (κ3) is 3.98. The van der Waals surface area contributed by atoms with E-state index in [1.807, 2.05) is 48.5 Å². The molecule has 0 radical (unpaired) electrons. The SMILES string of the molecule is CC[C@@H](N)c1ccc(OCc2ccc(Cl)cc2)cc1. The summed E-state index contributed by atoms with van der Waals surface area (Å²) in [4.78, 5) is 0. The van der Waals surface area contributed by atoms with E-state index in [2.05, 4.69) is 6.92 Å². The van der Waals surface area contributed by atoms with Gasteiger partial charge in [0, 0.05) is 11.1 Å². The van der Waals surface area contributed by atoms with Crippen LogP contribution in [0.2, 0.25) is 5.02 Å². The van der Waals surface area contributed by atoms with Crippen molar-refractivity contribution in [2.24, 2.45) is 5.73 Å². The third-order valence-corrected chi connectivity index (χ3v) is 3.32. The lowest BCUT2D eigenvalue weighted by molar-refractivity contribution is 0.306. The Bertz CT molecular complexity index is 507. The molecule has 0 spiro atoms. The van der Waals surface area contributed by atoms with Gasteiger partial charge in [-0.05, 0) is 41.8 Å². The van der Waals surface area contributed by atoms with Crippen LogP contribution in [0.25, 0.3) is 0 Å². The second-order valence-corrected chi connectivity index (χ2v) is 4.94. The summed E-state index contributed by atoms with van der Waals surface area (Å²) in [6.45, 7) is 2.62. The van der Waals surface area contributed by atoms with Crippen molar-refractivity contribution in [3.63, 3.8) is 0 Å². The van der Waals surface area contributed by atoms with Gasteiger partial charge in [-0.25, -0.2) is 0 Å². The van der Waals surface area contributed by atoms with Gasteiger partial charge in [0.05, 0.1) is 0 Å². The van der Waals surface area contributed by atoms with Crippen LogP contribution in [-0.2, 0) is 6.61 Å². The summed E-state index contributed by atoms with van der Waals surface area (Å²) in [6, 6.07) is 15.7. The van der Waals surface area contributed by atoms with Gasteiger partial charge in [0.15, 0.2) is 0 Å². The molecule has 0 aliphatic heterocycles. The van der Waals surface area contributed by atoms with Crippen molar-refractivity contribution in [3.05, 3.63) is 64.7 Å². The average Bonchev–Trinajstić information content (AvgIpc) is 2.46. The number of benzene rings is 2. The fourth-order valence-corrected chi connectivity index (χ4v) is 1.92. The van der Waals surface area contributed by atoms with Gasteiger partial charge in [-0.3, -0.25) is 0 Å². The highest BCUT2D eigenvalue weighted by Crippen LogP contribution is 2.19. The topological polar surface area (TPSA) is 35.2 Å². The normalized spacial score (nSPS) is 12.2. The molecule has 0 saturated carbocycles. The minimum absolute atomic E-state index is 0.102. The van der Waals surface area contributed by atoms with E-state index in [0.29, 0.717) is 6.61 Å². The number of rotatable bonds is 5. The largest absolute Gasteiger partial charge is 0.489 e. The number of nitrogens with two attached hydrogens (primary N) is 1. The summed E-state index contributed by atoms with van der Waals surface area (Å²) >= 11 is 5.84. The fraction of sp³-hybridized carbons (Fsp3) is 0.250. The Balaban J connectivity index is 1.94. The molecule has 0 bridgehead atoms. The van der Waals surface area contributed by atoms with Crippen LogP contribution < -0.4 is 10.5 Å². The first-order valence-electron chi connectivity index (χ1n) is 6.42. The van der Waals surface area contributed by atoms with E-state index in [1.54, 1.807) is 0 Å². The zero-order valence-corrected chi connectivity index (χ0v) is 11.7. The van der Waals surface area contributed by atoms with Crippen molar-refractivity contribution in [1.29, 1.82) is 0 Å². The zero-order valence-electron chi connectivity index (χ0n) is 11.0. The van der Waals surface area contributed by atoms with E-state index in [0.717, 1.165) is 28.3 Å². The Labute approximate surface area is 119 Å². The molecule has 2 aromatic carbocycles. The highest BCUT2D eigenvalue weighted by Gasteiger charge is 2.03. The van der Waals surface area contributed by atoms with Crippen LogP contribution >= 0.6 is 11.6 Å². The fourth-order valence-electron chi connectivity index (χ4n) is 1.79. The molecule has 3 heteroatoms. The predicted octanol–water partition coefficient (Wildman–Crippen LogP) is 4.33. The minimum Gasteiger partial charge on any atom is -0.489 e. The van der Waals surface area contributed by atoms with Crippen LogP contribution in [0.4, 0.5) is 0 Å². The van der Waals surface area contributed by atoms with E-state index in [4.69, 9.17) is 22.1 Å². The van der Waals surface area contributed by atoms with Crippen LogP contribution in [0, 0.1) is 0 Å². The molecule has 2 rings (SSSR count). The minimum atomic E-state index is 0.102. The molecule has 0 aliphatic carbocycles. The lowest BCUT2D eigenvalue weighted by Crippen LogP contribution is -2.08. The Morgan fingerprint density at radius 3 is 2.26 bits per heavy atom. The molecule has 0 saturated heterocycles. The van der Waals surface area contributed by atoms with Crippen LogP contribution in [0.1, 0.15) is 30.5 Å². The van der Waals surface area contributed by atoms with Crippen molar-refractivity contribution >= 4 is 11.6 Å². The van der Waals surface area contributed by atoms with Crippen LogP contribution in [0.3, 0.4) is 0 Å². The highest BCUT2D eigenvalue weighted by atomic mass is 35.5. The zero-order chi connectivity index (χ0) is 13.7. The van der Waals surface area contributed by atoms with Crippen molar-refractivity contribution in [2.75, 3.05) is 0 Å². The first kappa shape index (κ1) is 13.9. The van der Waals surface area contributed by atoms with E-state index in [1.165, 1.54) is 0 Å². The Morgan fingerprint density at radius 1 is 1.05 bits per heavy atom. The molecule has 100 valence electrons. The standard InChI is InChI=1S/C16H18ClNO/c1-2-16(18)13-5-9-15(10-6-13)19-11-12-3-7-14(17)8-4-12/h3-10,16H,2,11,18H2,1H3/t16-/m1/s1. The summed E-state index contributed by atoms with van der Waals surface area (Å²) in [5.41, 5.74) is 8.21. The van der Waals surface area contributed by atoms with Gasteiger partial charge in [0.25, 0.3) is 0 Å². The highest BCUT2D eigenvalue weighted by molar-refractivity contribution is 6.30. The van der Waals surface area contributed by atoms with Crippen molar-refractivity contribution in [1.82, 2.24) is 0 Å². The number of hydrogen-bond donors (Lipinski definition) is 1. The van der Waals surface area contributed by atoms with Crippen LogP contribution in [-0.4, -0.2) is 0 Å². The van der Waals surface area contributed by atoms with Gasteiger partial charge in [-0.15, -0.1) is 0 Å². The van der Waals surface area contributed by atoms with E-state index in [-0.39, 0.29) is 6.04 Å². The number of ether oxygens (including phenoxy) is 1. The molecule has 0 fully saturated rings. The van der Waals surface area contributed by atoms with Crippen LogP contribution in [0.15, 0.2) is 48.5 Å². The maximum atomic E-state index is 5.97. The van der Waals surface area contributed by atoms with Gasteiger partial charge in [-0.2, -0.15) is 0 Å². The maximum Gasteiger partial charge on any atom is 0.119 e. The molecule has 2 aromatic rings. The molecular formula is C16H18ClNO. The van der Waals surface area contributed by atoms with E-state index in [9.17, 15) is 0 Å². The molecule has 0 unspecified atom stereocenters. The van der Waals surface area contributed by atoms with Crippen molar-refractivity contribution in [2.45, 2.75) is 26.0 Å². The Hall–Kier alpha value is -1.51. The van der Waals surface area contributed by atoms with Crippen LogP contribution in [0.5, 0.6) is 5.75 Å². The van der Waals surface area contributed by atoms with Gasteiger partial charge >= 0.3 is 0 Å². The molecular weight excluding hydrogens is 258 g/mol. The second-order valence-electron chi connectivity index (χ2n) is 4.50. The molecule has 2 nitrogen and oxygen atoms in total. The summed E-state index contributed by atoms with van der Waals surface area (Å²) in [5, 5.41) is 0.738. The Morgan fingerprint density at radius 2 is 1.68 bits per heavy atom. The van der Waals surface area contributed by atoms with E-state index >= 15 is 0 Å². The van der Waals surface area contributed by atoms with Gasteiger partial charge < -0.3 is 10.5 Å². The van der Waals surface area contributed by atoms with Gasteiger partial charge in [-0.1, -0.05) is 42.8 Å². The van der Waals surface area contributed by atoms with E-state index < -0.39 is 0 Å². The summed E-state index contributed by atoms with van der Waals surface area (Å²) in [5.74, 6) is 0.849. The molecule has 1 atom stereocenters. The molecule has 2 N–H and O–H groups in total. The molecule has 0 aliphatic rings. The number of halogens is 1. The van der Waals surface area contributed by atoms with Crippen molar-refractivity contribution < 1.29 is 4.74 Å². The molecule has 0 aromatic heterocycles. The second kappa shape index (κ2) is 6.60. The average molecular weight is 276 g/mol. The molecule has 0 amide bonds. The predicted molar refractivity (Wildman–Crippen MR) is 79.4 cm³/mol. The third-order valence-electron chi connectivity index (χ3n) is 3.07. The summed E-state index contributed by atoms with van der Waals surface area (Å²) in [7, 11) is 0. The number of hydrogen-bond acceptors (Lipinski definition) is 2. The van der Waals surface area contributed by atoms with Gasteiger partial charge in [0.1, 0.15) is 12.4 Å². The summed E-state index contributed by atoms with van der Waals surface area (Å²) < 4.78 is 5.72. The Kier molecular flexibility index (Phi) is 4.83. The maximum absolute atomic E-state index is 5.97. The lowest BCUT2D eigenvalue weighted by Gasteiger charge is -2.11. The first-order valence-corrected chi connectivity index (χ1v) is 6.79. The molecule has 0 heterocycles.